The molecule has 2 saturated heterocycles. The Morgan fingerprint density at radius 3 is 2.67 bits per heavy atom. The molecule has 7 nitrogen and oxygen atoms in total. The van der Waals surface area contributed by atoms with Crippen LogP contribution < -0.4 is 14.8 Å². The highest BCUT2D eigenvalue weighted by Gasteiger charge is 2.48. The molecular formula is C26H25ClF2N2O5. The summed E-state index contributed by atoms with van der Waals surface area (Å²) in [6, 6.07) is 9.93. The van der Waals surface area contributed by atoms with E-state index in [0.717, 1.165) is 25.5 Å². The number of hydrogen-bond acceptors (Lipinski definition) is 6. The van der Waals surface area contributed by atoms with Crippen molar-refractivity contribution in [3.05, 3.63) is 58.8 Å². The van der Waals surface area contributed by atoms with Crippen LogP contribution in [0.4, 0.5) is 8.78 Å². The average Bonchev–Trinajstić information content (AvgIpc) is 3.56. The quantitative estimate of drug-likeness (QED) is 0.486. The first kappa shape index (κ1) is 23.5. The van der Waals surface area contributed by atoms with Gasteiger partial charge in [-0.25, -0.2) is 0 Å². The van der Waals surface area contributed by atoms with E-state index in [9.17, 15) is 9.90 Å². The van der Waals surface area contributed by atoms with Crippen LogP contribution in [0.15, 0.2) is 46.9 Å². The molecule has 10 heteroatoms. The van der Waals surface area contributed by atoms with E-state index in [1.807, 2.05) is 0 Å². The molecule has 2 unspecified atom stereocenters. The van der Waals surface area contributed by atoms with Gasteiger partial charge in [-0.1, -0.05) is 17.7 Å². The summed E-state index contributed by atoms with van der Waals surface area (Å²) < 4.78 is 47.0. The molecule has 4 heterocycles. The highest BCUT2D eigenvalue weighted by atomic mass is 35.5. The predicted octanol–water partition coefficient (Wildman–Crippen LogP) is 4.26. The van der Waals surface area contributed by atoms with E-state index >= 15 is 8.78 Å². The summed E-state index contributed by atoms with van der Waals surface area (Å²) in [6.45, 7) is 1.87. The molecule has 3 aromatic rings. The van der Waals surface area contributed by atoms with Crippen molar-refractivity contribution >= 4 is 28.5 Å². The van der Waals surface area contributed by atoms with Gasteiger partial charge >= 0.3 is 5.92 Å². The first-order valence-corrected chi connectivity index (χ1v) is 12.4. The van der Waals surface area contributed by atoms with Gasteiger partial charge in [-0.05, 0) is 60.7 Å². The summed E-state index contributed by atoms with van der Waals surface area (Å²) in [5, 5.41) is 14.4. The molecule has 2 atom stereocenters. The zero-order valence-corrected chi connectivity index (χ0v) is 20.0. The number of alkyl halides is 2. The molecule has 2 aromatic carbocycles. The number of rotatable bonds is 7. The summed E-state index contributed by atoms with van der Waals surface area (Å²) in [7, 11) is 0. The number of halogens is 3. The minimum absolute atomic E-state index is 0.201. The molecule has 36 heavy (non-hydrogen) atoms. The molecule has 2 N–H and O–H groups in total. The molecule has 190 valence electrons. The van der Waals surface area contributed by atoms with Crippen molar-refractivity contribution in [1.29, 1.82) is 0 Å². The average molecular weight is 519 g/mol. The smallest absolute Gasteiger partial charge is 0.380 e. The Bertz CT molecular complexity index is 1310. The monoisotopic (exact) mass is 518 g/mol. The number of hydrogen-bond donors (Lipinski definition) is 2. The topological polar surface area (TPSA) is 84.2 Å². The number of aliphatic hydroxyl groups excluding tert-OH is 1. The molecule has 1 aliphatic carbocycles. The second-order valence-electron chi connectivity index (χ2n) is 9.74. The highest BCUT2D eigenvalue weighted by molar-refractivity contribution is 6.31. The summed E-state index contributed by atoms with van der Waals surface area (Å²) in [6.07, 6.45) is 0.865. The number of fused-ring (bicyclic) bond motifs is 3. The van der Waals surface area contributed by atoms with E-state index in [1.165, 1.54) is 18.2 Å². The third-order valence-corrected chi connectivity index (χ3v) is 7.56. The molecule has 1 aromatic heterocycles. The lowest BCUT2D eigenvalue weighted by molar-refractivity contribution is -0.151. The van der Waals surface area contributed by atoms with Crippen LogP contribution in [-0.4, -0.2) is 54.3 Å². The van der Waals surface area contributed by atoms with Crippen LogP contribution in [0.3, 0.4) is 0 Å². The molecule has 0 spiro atoms. The maximum Gasteiger partial charge on any atom is 0.380 e. The number of ether oxygens (including phenoxy) is 2. The lowest BCUT2D eigenvalue weighted by atomic mass is 9.86. The maximum atomic E-state index is 15.3. The fourth-order valence-electron chi connectivity index (χ4n) is 5.35. The molecule has 2 bridgehead atoms. The Hall–Kier alpha value is -2.88. The van der Waals surface area contributed by atoms with Gasteiger partial charge in [0.05, 0.1) is 6.04 Å². The van der Waals surface area contributed by atoms with Crippen molar-refractivity contribution in [2.45, 2.75) is 37.0 Å². The first-order chi connectivity index (χ1) is 17.3. The largest absolute Gasteiger partial charge is 0.486 e. The fourth-order valence-corrected chi connectivity index (χ4v) is 5.53. The molecule has 4 aliphatic rings. The van der Waals surface area contributed by atoms with Gasteiger partial charge in [-0.2, -0.15) is 8.78 Å². The van der Waals surface area contributed by atoms with E-state index in [2.05, 4.69) is 10.2 Å². The minimum Gasteiger partial charge on any atom is -0.486 e. The number of carbonyl (C=O) groups excluding carboxylic acids is 1. The maximum absolute atomic E-state index is 15.3. The van der Waals surface area contributed by atoms with Crippen molar-refractivity contribution < 1.29 is 32.6 Å². The normalized spacial score (nSPS) is 22.8. The van der Waals surface area contributed by atoms with Gasteiger partial charge in [0, 0.05) is 29.5 Å². The summed E-state index contributed by atoms with van der Waals surface area (Å²) >= 11 is 5.95. The predicted molar refractivity (Wildman–Crippen MR) is 128 cm³/mol. The Kier molecular flexibility index (Phi) is 5.81. The number of furan rings is 1. The number of amides is 1. The Morgan fingerprint density at radius 1 is 1.14 bits per heavy atom. The van der Waals surface area contributed by atoms with E-state index < -0.39 is 29.7 Å². The Morgan fingerprint density at radius 2 is 1.92 bits per heavy atom. The second-order valence-corrected chi connectivity index (χ2v) is 10.2. The SMILES string of the molecule is O=C(NC(CN1CC2CC1C2)C(O)c1ccc2c(c1)OCCO2)C(F)(F)c1cc2cc(Cl)ccc2o1. The third-order valence-electron chi connectivity index (χ3n) is 7.33. The first-order valence-electron chi connectivity index (χ1n) is 12.0. The standard InChI is InChI=1S/C26H25ClF2N2O5/c27-17-2-4-20-16(9-17)11-23(36-20)26(28,29)25(33)30-19(13-31-12-14-7-18(31)8-14)24(32)15-1-3-21-22(10-15)35-6-5-34-21/h1-4,9-11,14,18-19,24,32H,5-8,12-13H2,(H,30,33). The van der Waals surface area contributed by atoms with Crippen molar-refractivity contribution in [3.8, 4) is 11.5 Å². The Balaban J connectivity index is 1.26. The Labute approximate surface area is 210 Å². The van der Waals surface area contributed by atoms with Gasteiger partial charge in [0.15, 0.2) is 17.3 Å². The van der Waals surface area contributed by atoms with Crippen LogP contribution in [0.5, 0.6) is 11.5 Å². The number of benzene rings is 2. The molecule has 3 aliphatic heterocycles. The van der Waals surface area contributed by atoms with E-state index in [4.69, 9.17) is 25.5 Å². The fraction of sp³-hybridized carbons (Fsp3) is 0.423. The molecule has 0 radical (unpaired) electrons. The highest BCUT2D eigenvalue weighted by Crippen LogP contribution is 2.41. The molecular weight excluding hydrogens is 494 g/mol. The van der Waals surface area contributed by atoms with Crippen molar-refractivity contribution in [2.24, 2.45) is 5.92 Å². The molecule has 1 amide bonds. The van der Waals surface area contributed by atoms with Gasteiger partial charge < -0.3 is 24.3 Å². The van der Waals surface area contributed by atoms with Crippen LogP contribution >= 0.6 is 11.6 Å². The lowest BCUT2D eigenvalue weighted by Crippen LogP contribution is -2.51. The summed E-state index contributed by atoms with van der Waals surface area (Å²) in [5.41, 5.74) is 0.643. The zero-order valence-electron chi connectivity index (χ0n) is 19.3. The number of carbonyl (C=O) groups is 1. The third kappa shape index (κ3) is 4.19. The van der Waals surface area contributed by atoms with Crippen molar-refractivity contribution in [1.82, 2.24) is 10.2 Å². The summed E-state index contributed by atoms with van der Waals surface area (Å²) in [4.78, 5) is 15.1. The van der Waals surface area contributed by atoms with Crippen molar-refractivity contribution in [3.63, 3.8) is 0 Å². The lowest BCUT2D eigenvalue weighted by Gasteiger charge is -2.32. The van der Waals surface area contributed by atoms with E-state index in [1.54, 1.807) is 18.2 Å². The molecule has 7 rings (SSSR count). The van der Waals surface area contributed by atoms with Gasteiger partial charge in [-0.3, -0.25) is 9.69 Å². The molecule has 1 saturated carbocycles. The molecule has 3 fully saturated rings. The minimum atomic E-state index is -3.95. The van der Waals surface area contributed by atoms with E-state index in [0.29, 0.717) is 52.6 Å². The number of aliphatic hydroxyl groups is 1. The second kappa shape index (κ2) is 8.90. The van der Waals surface area contributed by atoms with Crippen molar-refractivity contribution in [2.75, 3.05) is 26.3 Å². The van der Waals surface area contributed by atoms with Gasteiger partial charge in [0.25, 0.3) is 5.91 Å². The number of nitrogens with zero attached hydrogens (tertiary/aromatic N) is 1. The van der Waals surface area contributed by atoms with Crippen LogP contribution in [0.2, 0.25) is 5.02 Å². The summed E-state index contributed by atoms with van der Waals surface area (Å²) in [5.74, 6) is -4.67. The van der Waals surface area contributed by atoms with E-state index in [-0.39, 0.29) is 12.1 Å². The van der Waals surface area contributed by atoms with Crippen LogP contribution in [0, 0.1) is 5.92 Å². The van der Waals surface area contributed by atoms with Crippen LogP contribution in [0.25, 0.3) is 11.0 Å². The van der Waals surface area contributed by atoms with Gasteiger partial charge in [0.1, 0.15) is 24.9 Å². The number of nitrogens with one attached hydrogen (secondary N) is 1. The van der Waals surface area contributed by atoms with Crippen LogP contribution in [-0.2, 0) is 10.7 Å². The van der Waals surface area contributed by atoms with Gasteiger partial charge in [-0.15, -0.1) is 0 Å². The van der Waals surface area contributed by atoms with Gasteiger partial charge in [0.2, 0.25) is 0 Å². The van der Waals surface area contributed by atoms with Crippen LogP contribution in [0.1, 0.15) is 30.3 Å². The zero-order chi connectivity index (χ0) is 25.0.